The number of fused-ring (bicyclic) bond motifs is 1. The summed E-state index contributed by atoms with van der Waals surface area (Å²) in [5.74, 6) is -0.125. The molecule has 0 radical (unpaired) electrons. The fourth-order valence-electron chi connectivity index (χ4n) is 1.20. The van der Waals surface area contributed by atoms with Crippen molar-refractivity contribution in [2.45, 2.75) is 0 Å². The van der Waals surface area contributed by atoms with Crippen LogP contribution in [0.25, 0.3) is 10.8 Å². The predicted octanol–water partition coefficient (Wildman–Crippen LogP) is 2.91. The van der Waals surface area contributed by atoms with E-state index in [1.54, 1.807) is 0 Å². The smallest absolute Gasteiger partial charge is 0.358 e. The average Bonchev–Trinajstić information content (AvgIpc) is 2.16. The van der Waals surface area contributed by atoms with Crippen molar-refractivity contribution in [3.05, 3.63) is 45.0 Å². The molecular weight excluding hydrogens is 248 g/mol. The van der Waals surface area contributed by atoms with Crippen LogP contribution in [0, 0.1) is 10.1 Å². The highest BCUT2D eigenvalue weighted by atomic mass is 79.9. The Labute approximate surface area is 87.9 Å². The fourth-order valence-corrected chi connectivity index (χ4v) is 1.58. The van der Waals surface area contributed by atoms with Crippen molar-refractivity contribution in [1.29, 1.82) is 0 Å². The van der Waals surface area contributed by atoms with Gasteiger partial charge in [-0.05, 0) is 27.4 Å². The number of pyridine rings is 1. The molecule has 0 N–H and O–H groups in total. The van der Waals surface area contributed by atoms with Crippen molar-refractivity contribution in [3.8, 4) is 0 Å². The van der Waals surface area contributed by atoms with Crippen LogP contribution in [0.4, 0.5) is 5.82 Å². The van der Waals surface area contributed by atoms with E-state index in [-0.39, 0.29) is 5.82 Å². The van der Waals surface area contributed by atoms with Gasteiger partial charge in [-0.2, -0.15) is 0 Å². The van der Waals surface area contributed by atoms with E-state index in [0.717, 1.165) is 15.2 Å². The summed E-state index contributed by atoms with van der Waals surface area (Å²) in [4.78, 5) is 13.7. The SMILES string of the molecule is O=[N+]([O-])c1cc2ccc(Br)cc2cn1. The first kappa shape index (κ1) is 9.08. The normalized spacial score (nSPS) is 10.4. The molecule has 1 aromatic carbocycles. The van der Waals surface area contributed by atoms with E-state index < -0.39 is 4.92 Å². The Morgan fingerprint density at radius 2 is 2.07 bits per heavy atom. The van der Waals surface area contributed by atoms with Gasteiger partial charge in [0, 0.05) is 15.9 Å². The van der Waals surface area contributed by atoms with Crippen LogP contribution < -0.4 is 0 Å². The molecule has 2 aromatic rings. The zero-order valence-corrected chi connectivity index (χ0v) is 8.56. The van der Waals surface area contributed by atoms with Crippen molar-refractivity contribution >= 4 is 32.5 Å². The molecule has 1 aromatic heterocycles. The summed E-state index contributed by atoms with van der Waals surface area (Å²) in [7, 11) is 0. The van der Waals surface area contributed by atoms with Gasteiger partial charge in [-0.1, -0.05) is 22.0 Å². The number of benzene rings is 1. The van der Waals surface area contributed by atoms with Crippen LogP contribution in [0.15, 0.2) is 34.9 Å². The molecular formula is C9H5BrN2O2. The van der Waals surface area contributed by atoms with E-state index >= 15 is 0 Å². The van der Waals surface area contributed by atoms with Gasteiger partial charge in [0.1, 0.15) is 6.20 Å². The molecule has 0 bridgehead atoms. The number of nitrogens with zero attached hydrogens (tertiary/aromatic N) is 2. The summed E-state index contributed by atoms with van der Waals surface area (Å²) in [6, 6.07) is 6.98. The maximum Gasteiger partial charge on any atom is 0.364 e. The molecule has 0 aliphatic carbocycles. The molecule has 0 saturated heterocycles. The van der Waals surface area contributed by atoms with Crippen LogP contribution in [0.2, 0.25) is 0 Å². The van der Waals surface area contributed by atoms with Gasteiger partial charge in [0.2, 0.25) is 0 Å². The lowest BCUT2D eigenvalue weighted by molar-refractivity contribution is -0.389. The maximum absolute atomic E-state index is 10.4. The average molecular weight is 253 g/mol. The number of halogens is 1. The molecule has 0 aliphatic rings. The lowest BCUT2D eigenvalue weighted by atomic mass is 10.2. The molecule has 4 nitrogen and oxygen atoms in total. The van der Waals surface area contributed by atoms with Crippen LogP contribution in [-0.4, -0.2) is 9.91 Å². The van der Waals surface area contributed by atoms with E-state index in [1.165, 1.54) is 12.3 Å². The van der Waals surface area contributed by atoms with Crippen LogP contribution in [-0.2, 0) is 0 Å². The Hall–Kier alpha value is -1.49. The van der Waals surface area contributed by atoms with Crippen LogP contribution in [0.5, 0.6) is 0 Å². The Balaban J connectivity index is 2.67. The largest absolute Gasteiger partial charge is 0.364 e. The fraction of sp³-hybridized carbons (Fsp3) is 0. The molecule has 14 heavy (non-hydrogen) atoms. The third-order valence-corrected chi connectivity index (χ3v) is 2.35. The van der Waals surface area contributed by atoms with Crippen LogP contribution >= 0.6 is 15.9 Å². The molecule has 0 amide bonds. The number of rotatable bonds is 1. The summed E-state index contributed by atoms with van der Waals surface area (Å²) in [5, 5.41) is 12.1. The Morgan fingerprint density at radius 3 is 2.79 bits per heavy atom. The number of nitro groups is 1. The monoisotopic (exact) mass is 252 g/mol. The van der Waals surface area contributed by atoms with Crippen molar-refractivity contribution < 1.29 is 4.92 Å². The first-order valence-electron chi connectivity index (χ1n) is 3.86. The Morgan fingerprint density at radius 1 is 1.29 bits per heavy atom. The minimum Gasteiger partial charge on any atom is -0.358 e. The lowest BCUT2D eigenvalue weighted by Gasteiger charge is -1.96. The van der Waals surface area contributed by atoms with Crippen molar-refractivity contribution in [2.24, 2.45) is 0 Å². The van der Waals surface area contributed by atoms with Gasteiger partial charge in [-0.25, -0.2) is 0 Å². The van der Waals surface area contributed by atoms with Gasteiger partial charge in [0.15, 0.2) is 0 Å². The van der Waals surface area contributed by atoms with Gasteiger partial charge in [-0.15, -0.1) is 0 Å². The van der Waals surface area contributed by atoms with E-state index in [0.29, 0.717) is 0 Å². The summed E-state index contributed by atoms with van der Waals surface area (Å²) in [5.41, 5.74) is 0. The molecule has 0 fully saturated rings. The Bertz CT molecular complexity index is 513. The quantitative estimate of drug-likeness (QED) is 0.579. The second-order valence-corrected chi connectivity index (χ2v) is 3.71. The molecule has 0 aliphatic heterocycles. The zero-order chi connectivity index (χ0) is 10.1. The third kappa shape index (κ3) is 1.58. The van der Waals surface area contributed by atoms with Gasteiger partial charge in [-0.3, -0.25) is 0 Å². The summed E-state index contributed by atoms with van der Waals surface area (Å²) in [6.45, 7) is 0. The van der Waals surface area contributed by atoms with Gasteiger partial charge >= 0.3 is 5.82 Å². The topological polar surface area (TPSA) is 56.0 Å². The predicted molar refractivity (Wildman–Crippen MR) is 56.1 cm³/mol. The van der Waals surface area contributed by atoms with Crippen LogP contribution in [0.3, 0.4) is 0 Å². The number of aromatic nitrogens is 1. The van der Waals surface area contributed by atoms with Crippen molar-refractivity contribution in [2.75, 3.05) is 0 Å². The minimum absolute atomic E-state index is 0.125. The summed E-state index contributed by atoms with van der Waals surface area (Å²) >= 11 is 3.32. The van der Waals surface area contributed by atoms with E-state index in [4.69, 9.17) is 0 Å². The lowest BCUT2D eigenvalue weighted by Crippen LogP contribution is -1.90. The highest BCUT2D eigenvalue weighted by molar-refractivity contribution is 9.10. The van der Waals surface area contributed by atoms with Crippen LogP contribution in [0.1, 0.15) is 0 Å². The van der Waals surface area contributed by atoms with Gasteiger partial charge < -0.3 is 10.1 Å². The highest BCUT2D eigenvalue weighted by Gasteiger charge is 2.07. The number of hydrogen-bond acceptors (Lipinski definition) is 3. The molecule has 70 valence electrons. The molecule has 2 rings (SSSR count). The summed E-state index contributed by atoms with van der Waals surface area (Å²) in [6.07, 6.45) is 1.50. The zero-order valence-electron chi connectivity index (χ0n) is 6.98. The first-order valence-corrected chi connectivity index (χ1v) is 4.66. The first-order chi connectivity index (χ1) is 6.66. The van der Waals surface area contributed by atoms with Gasteiger partial charge in [0.25, 0.3) is 0 Å². The molecule has 0 atom stereocenters. The van der Waals surface area contributed by atoms with Crippen molar-refractivity contribution in [1.82, 2.24) is 4.98 Å². The summed E-state index contributed by atoms with van der Waals surface area (Å²) < 4.78 is 0.931. The third-order valence-electron chi connectivity index (χ3n) is 1.86. The van der Waals surface area contributed by atoms with Crippen molar-refractivity contribution in [3.63, 3.8) is 0 Å². The standard InChI is InChI=1S/C9H5BrN2O2/c10-8-2-1-6-4-9(12(13)14)11-5-7(6)3-8/h1-5H. The van der Waals surface area contributed by atoms with Gasteiger partial charge in [0.05, 0.1) is 0 Å². The second kappa shape index (κ2) is 3.34. The molecule has 5 heteroatoms. The second-order valence-electron chi connectivity index (χ2n) is 2.79. The Kier molecular flexibility index (Phi) is 2.17. The number of hydrogen-bond donors (Lipinski definition) is 0. The molecule has 0 saturated carbocycles. The highest BCUT2D eigenvalue weighted by Crippen LogP contribution is 2.21. The maximum atomic E-state index is 10.4. The molecule has 0 spiro atoms. The minimum atomic E-state index is -0.499. The van der Waals surface area contributed by atoms with E-state index in [9.17, 15) is 10.1 Å². The molecule has 0 unspecified atom stereocenters. The van der Waals surface area contributed by atoms with E-state index in [2.05, 4.69) is 20.9 Å². The van der Waals surface area contributed by atoms with E-state index in [1.807, 2.05) is 18.2 Å². The molecule has 1 heterocycles.